The average molecular weight is 163 g/mol. The van der Waals surface area contributed by atoms with Crippen LogP contribution in [0.15, 0.2) is 42.1 Å². The number of allylic oxidation sites excluding steroid dienone is 3. The molecule has 0 spiro atoms. The van der Waals surface area contributed by atoms with Crippen LogP contribution in [0.2, 0.25) is 0 Å². The molecule has 0 radical (unpaired) electrons. The van der Waals surface area contributed by atoms with Gasteiger partial charge in [0.05, 0.1) is 0 Å². The lowest BCUT2D eigenvalue weighted by molar-refractivity contribution is 0.681. The van der Waals surface area contributed by atoms with Crippen molar-refractivity contribution in [3.63, 3.8) is 0 Å². The molecule has 12 heavy (non-hydrogen) atoms. The van der Waals surface area contributed by atoms with E-state index in [0.717, 1.165) is 6.42 Å². The van der Waals surface area contributed by atoms with Gasteiger partial charge < -0.3 is 0 Å². The third kappa shape index (κ3) is 3.91. The smallest absolute Gasteiger partial charge is 0.0302 e. The highest BCUT2D eigenvalue weighted by Crippen LogP contribution is 2.12. The first kappa shape index (κ1) is 10.9. The van der Waals surface area contributed by atoms with Crippen LogP contribution in [-0.2, 0) is 0 Å². The molecular formula is C11H17N. The molecule has 0 heterocycles. The summed E-state index contributed by atoms with van der Waals surface area (Å²) in [5.41, 5.74) is 1.20. The molecular weight excluding hydrogens is 146 g/mol. The highest BCUT2D eigenvalue weighted by Gasteiger charge is 2.01. The summed E-state index contributed by atoms with van der Waals surface area (Å²) in [4.78, 5) is 3.98. The first-order valence-electron chi connectivity index (χ1n) is 4.22. The zero-order valence-corrected chi connectivity index (χ0v) is 7.96. The van der Waals surface area contributed by atoms with E-state index in [1.807, 2.05) is 12.3 Å². The van der Waals surface area contributed by atoms with Gasteiger partial charge in [-0.3, -0.25) is 4.99 Å². The van der Waals surface area contributed by atoms with Gasteiger partial charge in [0.2, 0.25) is 0 Å². The summed E-state index contributed by atoms with van der Waals surface area (Å²) < 4.78 is 0. The van der Waals surface area contributed by atoms with Crippen LogP contribution < -0.4 is 0 Å². The van der Waals surface area contributed by atoms with Gasteiger partial charge in [0.15, 0.2) is 0 Å². The van der Waals surface area contributed by atoms with Crippen molar-refractivity contribution in [2.24, 2.45) is 10.9 Å². The molecule has 0 aromatic heterocycles. The minimum absolute atomic E-state index is 0.534. The summed E-state index contributed by atoms with van der Waals surface area (Å²) >= 11 is 0. The minimum Gasteiger partial charge on any atom is -0.265 e. The van der Waals surface area contributed by atoms with E-state index in [-0.39, 0.29) is 0 Å². The molecule has 0 rings (SSSR count). The Labute approximate surface area is 75.2 Å². The Kier molecular flexibility index (Phi) is 5.98. The van der Waals surface area contributed by atoms with E-state index in [1.165, 1.54) is 5.57 Å². The quantitative estimate of drug-likeness (QED) is 0.435. The molecule has 0 saturated carbocycles. The van der Waals surface area contributed by atoms with Crippen LogP contribution in [0.4, 0.5) is 0 Å². The number of hydrogen-bond donors (Lipinski definition) is 0. The molecule has 0 aliphatic carbocycles. The maximum absolute atomic E-state index is 3.98. The van der Waals surface area contributed by atoms with Crippen LogP contribution in [-0.4, -0.2) is 6.21 Å². The standard InChI is InChI=1S/C11H17N/c1-5-8-11(9-12-7-3)10(4)6-2/h5,7-10H,1,3,6H2,2,4H3/b11-8+,12-9-. The molecule has 0 fully saturated rings. The fourth-order valence-electron chi connectivity index (χ4n) is 0.845. The Balaban J connectivity index is 4.42. The van der Waals surface area contributed by atoms with Crippen molar-refractivity contribution < 1.29 is 0 Å². The molecule has 0 aromatic carbocycles. The van der Waals surface area contributed by atoms with Gasteiger partial charge in [0, 0.05) is 12.4 Å². The summed E-state index contributed by atoms with van der Waals surface area (Å²) in [6.45, 7) is 11.5. The maximum Gasteiger partial charge on any atom is 0.0302 e. The molecule has 1 unspecified atom stereocenters. The van der Waals surface area contributed by atoms with Crippen LogP contribution in [0.3, 0.4) is 0 Å². The third-order valence-corrected chi connectivity index (χ3v) is 1.82. The average Bonchev–Trinajstić information content (AvgIpc) is 2.11. The van der Waals surface area contributed by atoms with E-state index < -0.39 is 0 Å². The van der Waals surface area contributed by atoms with Crippen molar-refractivity contribution in [3.05, 3.63) is 37.1 Å². The van der Waals surface area contributed by atoms with Crippen molar-refractivity contribution in [1.29, 1.82) is 0 Å². The first-order chi connectivity index (χ1) is 5.76. The predicted octanol–water partition coefficient (Wildman–Crippen LogP) is 3.36. The van der Waals surface area contributed by atoms with Crippen molar-refractivity contribution in [3.8, 4) is 0 Å². The zero-order valence-electron chi connectivity index (χ0n) is 7.96. The van der Waals surface area contributed by atoms with Crippen LogP contribution >= 0.6 is 0 Å². The molecule has 1 atom stereocenters. The van der Waals surface area contributed by atoms with E-state index in [4.69, 9.17) is 0 Å². The summed E-state index contributed by atoms with van der Waals surface area (Å²) in [7, 11) is 0. The summed E-state index contributed by atoms with van der Waals surface area (Å²) in [6, 6.07) is 0. The van der Waals surface area contributed by atoms with E-state index >= 15 is 0 Å². The van der Waals surface area contributed by atoms with E-state index in [0.29, 0.717) is 5.92 Å². The number of nitrogens with zero attached hydrogens (tertiary/aromatic N) is 1. The summed E-state index contributed by atoms with van der Waals surface area (Å²) in [5.74, 6) is 0.534. The van der Waals surface area contributed by atoms with Crippen molar-refractivity contribution in [2.75, 3.05) is 0 Å². The lowest BCUT2D eigenvalue weighted by Gasteiger charge is -2.07. The van der Waals surface area contributed by atoms with Gasteiger partial charge >= 0.3 is 0 Å². The predicted molar refractivity (Wildman–Crippen MR) is 56.4 cm³/mol. The Morgan fingerprint density at radius 2 is 2.17 bits per heavy atom. The molecule has 0 aromatic rings. The Bertz CT molecular complexity index is 199. The van der Waals surface area contributed by atoms with Gasteiger partial charge in [-0.05, 0) is 17.9 Å². The number of aliphatic imine (C=N–C) groups is 1. The molecule has 0 amide bonds. The lowest BCUT2D eigenvalue weighted by atomic mass is 9.99. The lowest BCUT2D eigenvalue weighted by Crippen LogP contribution is -1.98. The molecule has 0 aliphatic rings. The Morgan fingerprint density at radius 1 is 1.50 bits per heavy atom. The van der Waals surface area contributed by atoms with Gasteiger partial charge in [-0.1, -0.05) is 39.2 Å². The van der Waals surface area contributed by atoms with Crippen molar-refractivity contribution in [2.45, 2.75) is 20.3 Å². The molecule has 66 valence electrons. The van der Waals surface area contributed by atoms with Crippen molar-refractivity contribution in [1.82, 2.24) is 0 Å². The van der Waals surface area contributed by atoms with Crippen molar-refractivity contribution >= 4 is 6.21 Å². The van der Waals surface area contributed by atoms with Gasteiger partial charge in [-0.2, -0.15) is 0 Å². The zero-order chi connectivity index (χ0) is 9.40. The molecule has 0 bridgehead atoms. The molecule has 0 N–H and O–H groups in total. The molecule has 0 aliphatic heterocycles. The summed E-state index contributed by atoms with van der Waals surface area (Å²) in [6.07, 6.45) is 8.27. The van der Waals surface area contributed by atoms with E-state index in [9.17, 15) is 0 Å². The van der Waals surface area contributed by atoms with Gasteiger partial charge in [-0.15, -0.1) is 0 Å². The fraction of sp³-hybridized carbons (Fsp3) is 0.364. The monoisotopic (exact) mass is 163 g/mol. The van der Waals surface area contributed by atoms with Gasteiger partial charge in [-0.25, -0.2) is 0 Å². The topological polar surface area (TPSA) is 12.4 Å². The minimum atomic E-state index is 0.534. The highest BCUT2D eigenvalue weighted by molar-refractivity contribution is 5.80. The van der Waals surface area contributed by atoms with Crippen LogP contribution in [0, 0.1) is 5.92 Å². The van der Waals surface area contributed by atoms with Crippen LogP contribution in [0.25, 0.3) is 0 Å². The van der Waals surface area contributed by atoms with E-state index in [1.54, 1.807) is 12.3 Å². The Morgan fingerprint density at radius 3 is 2.58 bits per heavy atom. The second-order valence-electron chi connectivity index (χ2n) is 2.67. The second-order valence-corrected chi connectivity index (χ2v) is 2.67. The highest BCUT2D eigenvalue weighted by atomic mass is 14.7. The van der Waals surface area contributed by atoms with Gasteiger partial charge in [0.1, 0.15) is 0 Å². The number of hydrogen-bond acceptors (Lipinski definition) is 1. The molecule has 1 nitrogen and oxygen atoms in total. The fourth-order valence-corrected chi connectivity index (χ4v) is 0.845. The SMILES string of the molecule is C=C/C=C(\C=N/C=C)C(C)CC. The maximum atomic E-state index is 3.98. The van der Waals surface area contributed by atoms with Gasteiger partial charge in [0.25, 0.3) is 0 Å². The molecule has 1 heteroatoms. The third-order valence-electron chi connectivity index (χ3n) is 1.82. The van der Waals surface area contributed by atoms with Crippen LogP contribution in [0.5, 0.6) is 0 Å². The largest absolute Gasteiger partial charge is 0.265 e. The summed E-state index contributed by atoms with van der Waals surface area (Å²) in [5, 5.41) is 0. The first-order valence-corrected chi connectivity index (χ1v) is 4.22. The molecule has 0 saturated heterocycles. The van der Waals surface area contributed by atoms with E-state index in [2.05, 4.69) is 32.0 Å². The second kappa shape index (κ2) is 6.59. The number of rotatable bonds is 5. The normalized spacial score (nSPS) is 14.7. The van der Waals surface area contributed by atoms with Crippen LogP contribution in [0.1, 0.15) is 20.3 Å². The Hall–Kier alpha value is -1.11.